The van der Waals surface area contributed by atoms with Crippen LogP contribution in [0.2, 0.25) is 0 Å². The quantitative estimate of drug-likeness (QED) is 0.554. The second-order valence-electron chi connectivity index (χ2n) is 6.11. The predicted molar refractivity (Wildman–Crippen MR) is 67.9 cm³/mol. The molecule has 1 unspecified atom stereocenters. The van der Waals surface area contributed by atoms with Crippen molar-refractivity contribution in [1.82, 2.24) is 0 Å². The summed E-state index contributed by atoms with van der Waals surface area (Å²) in [6.45, 7) is 5.50. The molecule has 0 aromatic heterocycles. The molecule has 0 aromatic rings. The zero-order chi connectivity index (χ0) is 13.1. The van der Waals surface area contributed by atoms with E-state index in [1.54, 1.807) is 0 Å². The van der Waals surface area contributed by atoms with Crippen LogP contribution in [0.15, 0.2) is 0 Å². The molecular weight excluding hydrogens is 225 g/mol. The largest absolute Gasteiger partial charge is 0.386 e. The topological polar surface area (TPSA) is 57.5 Å². The van der Waals surface area contributed by atoms with Gasteiger partial charge in [-0.1, -0.05) is 13.8 Å². The van der Waals surface area contributed by atoms with Gasteiger partial charge in [0.2, 0.25) is 0 Å². The number of aliphatic hydroxyl groups is 1. The van der Waals surface area contributed by atoms with E-state index in [4.69, 9.17) is 0 Å². The van der Waals surface area contributed by atoms with E-state index >= 15 is 0 Å². The molecule has 0 aliphatic heterocycles. The molecule has 0 bridgehead atoms. The molecule has 0 saturated carbocycles. The molecule has 0 aliphatic rings. The Bertz CT molecular complexity index is 254. The summed E-state index contributed by atoms with van der Waals surface area (Å²) in [4.78, 5) is 9.33. The van der Waals surface area contributed by atoms with Crippen molar-refractivity contribution < 1.29 is 19.0 Å². The third-order valence-corrected chi connectivity index (χ3v) is 3.73. The Morgan fingerprint density at radius 3 is 1.94 bits per heavy atom. The minimum absolute atomic E-state index is 0.000394. The molecule has 0 amide bonds. The van der Waals surface area contributed by atoms with Gasteiger partial charge in [-0.2, -0.15) is 0 Å². The number of aliphatic hydroxyl groups excluding tert-OH is 1. The average Bonchev–Trinajstić information content (AvgIpc) is 1.93. The van der Waals surface area contributed by atoms with E-state index in [9.17, 15) is 14.6 Å². The standard InChI is InChI=1S/C11H26NO3P/c1-9(2)7-10(12(3,4)5)11(13)8-16(6,14)15/h9-11,13H,7-8H2,1-6H3/p+1/t10-,11-/m0/s1. The van der Waals surface area contributed by atoms with E-state index in [0.29, 0.717) is 10.4 Å². The van der Waals surface area contributed by atoms with Crippen molar-refractivity contribution in [2.24, 2.45) is 5.92 Å². The highest BCUT2D eigenvalue weighted by molar-refractivity contribution is 7.57. The first kappa shape index (κ1) is 16.1. The molecule has 0 fully saturated rings. The molecule has 5 heteroatoms. The fourth-order valence-corrected chi connectivity index (χ4v) is 2.88. The second-order valence-corrected chi connectivity index (χ2v) is 8.58. The lowest BCUT2D eigenvalue weighted by molar-refractivity contribution is -0.900. The minimum atomic E-state index is -3.15. The predicted octanol–water partition coefficient (Wildman–Crippen LogP) is 1.37. The van der Waals surface area contributed by atoms with Crippen LogP contribution in [0.1, 0.15) is 20.3 Å². The summed E-state index contributed by atoms with van der Waals surface area (Å²) in [5, 5.41) is 10.1. The van der Waals surface area contributed by atoms with E-state index in [0.717, 1.165) is 6.42 Å². The Morgan fingerprint density at radius 1 is 1.25 bits per heavy atom. The van der Waals surface area contributed by atoms with Crippen LogP contribution in [-0.4, -0.2) is 60.6 Å². The highest BCUT2D eigenvalue weighted by Crippen LogP contribution is 2.37. The molecule has 0 radical (unpaired) electrons. The van der Waals surface area contributed by atoms with Crippen molar-refractivity contribution in [1.29, 1.82) is 0 Å². The van der Waals surface area contributed by atoms with Crippen LogP contribution < -0.4 is 0 Å². The summed E-state index contributed by atoms with van der Waals surface area (Å²) >= 11 is 0. The van der Waals surface area contributed by atoms with Gasteiger partial charge in [0, 0.05) is 13.1 Å². The first-order valence-electron chi connectivity index (χ1n) is 5.72. The Balaban J connectivity index is 4.70. The summed E-state index contributed by atoms with van der Waals surface area (Å²) in [5.74, 6) is 0.465. The van der Waals surface area contributed by atoms with Gasteiger partial charge in [0.15, 0.2) is 7.37 Å². The molecule has 0 saturated heterocycles. The summed E-state index contributed by atoms with van der Waals surface area (Å²) in [7, 11) is 2.88. The van der Waals surface area contributed by atoms with Crippen molar-refractivity contribution in [3.63, 3.8) is 0 Å². The monoisotopic (exact) mass is 252 g/mol. The maximum absolute atomic E-state index is 11.3. The van der Waals surface area contributed by atoms with Crippen LogP contribution in [0.5, 0.6) is 0 Å². The smallest absolute Gasteiger partial charge is 0.200 e. The molecule has 4 nitrogen and oxygen atoms in total. The maximum Gasteiger partial charge on any atom is 0.200 e. The minimum Gasteiger partial charge on any atom is -0.386 e. The van der Waals surface area contributed by atoms with Crippen LogP contribution in [-0.2, 0) is 4.57 Å². The van der Waals surface area contributed by atoms with Crippen LogP contribution >= 0.6 is 7.37 Å². The number of likely N-dealkylation sites (N-methyl/N-ethyl adjacent to an activating group) is 1. The SMILES string of the molecule is CC(C)C[C@@H]([C@@H](O)CP(C)(=O)O)[N+](C)(C)C. The average molecular weight is 252 g/mol. The third kappa shape index (κ3) is 6.64. The van der Waals surface area contributed by atoms with Gasteiger partial charge in [-0.05, 0) is 5.92 Å². The van der Waals surface area contributed by atoms with E-state index in [-0.39, 0.29) is 12.2 Å². The zero-order valence-corrected chi connectivity index (χ0v) is 12.2. The van der Waals surface area contributed by atoms with Gasteiger partial charge in [-0.15, -0.1) is 0 Å². The molecular formula is C11H27NO3P+. The van der Waals surface area contributed by atoms with Crippen molar-refractivity contribution in [2.75, 3.05) is 34.0 Å². The Hall–Kier alpha value is 0.110. The Morgan fingerprint density at radius 2 is 1.69 bits per heavy atom. The van der Waals surface area contributed by atoms with Gasteiger partial charge in [0.1, 0.15) is 12.1 Å². The highest BCUT2D eigenvalue weighted by Gasteiger charge is 2.34. The molecule has 0 heterocycles. The van der Waals surface area contributed by atoms with Crippen molar-refractivity contribution >= 4 is 7.37 Å². The van der Waals surface area contributed by atoms with Crippen LogP contribution in [0.3, 0.4) is 0 Å². The lowest BCUT2D eigenvalue weighted by Crippen LogP contribution is -2.53. The first-order chi connectivity index (χ1) is 6.93. The van der Waals surface area contributed by atoms with Gasteiger partial charge < -0.3 is 14.5 Å². The van der Waals surface area contributed by atoms with Crippen LogP contribution in [0, 0.1) is 5.92 Å². The fourth-order valence-electron chi connectivity index (χ4n) is 1.94. The summed E-state index contributed by atoms with van der Waals surface area (Å²) in [6, 6.07) is 0.000394. The summed E-state index contributed by atoms with van der Waals surface area (Å²) in [5.41, 5.74) is 0. The number of nitrogens with zero attached hydrogens (tertiary/aromatic N) is 1. The van der Waals surface area contributed by atoms with Crippen molar-refractivity contribution in [3.05, 3.63) is 0 Å². The normalized spacial score (nSPS) is 20.6. The van der Waals surface area contributed by atoms with Gasteiger partial charge in [0.25, 0.3) is 0 Å². The fraction of sp³-hybridized carbons (Fsp3) is 1.00. The number of hydrogen-bond donors (Lipinski definition) is 2. The van der Waals surface area contributed by atoms with Gasteiger partial charge in [0.05, 0.1) is 27.3 Å². The number of quaternary nitrogens is 1. The zero-order valence-electron chi connectivity index (χ0n) is 11.3. The molecule has 0 spiro atoms. The van der Waals surface area contributed by atoms with E-state index in [1.165, 1.54) is 6.66 Å². The Labute approximate surface area is 99.3 Å². The first-order valence-corrected chi connectivity index (χ1v) is 8.01. The van der Waals surface area contributed by atoms with Gasteiger partial charge in [-0.25, -0.2) is 0 Å². The molecule has 3 atom stereocenters. The van der Waals surface area contributed by atoms with E-state index in [1.807, 2.05) is 21.1 Å². The van der Waals surface area contributed by atoms with Crippen LogP contribution in [0.25, 0.3) is 0 Å². The number of hydrogen-bond acceptors (Lipinski definition) is 2. The summed E-state index contributed by atoms with van der Waals surface area (Å²) in [6.07, 6.45) is 0.119. The molecule has 0 rings (SSSR count). The number of rotatable bonds is 6. The molecule has 2 N–H and O–H groups in total. The molecule has 98 valence electrons. The lowest BCUT2D eigenvalue weighted by atomic mass is 9.97. The maximum atomic E-state index is 11.3. The summed E-state index contributed by atoms with van der Waals surface area (Å²) < 4.78 is 11.9. The van der Waals surface area contributed by atoms with Gasteiger partial charge >= 0.3 is 0 Å². The van der Waals surface area contributed by atoms with Crippen molar-refractivity contribution in [2.45, 2.75) is 32.4 Å². The van der Waals surface area contributed by atoms with E-state index < -0.39 is 13.5 Å². The third-order valence-electron chi connectivity index (χ3n) is 2.68. The van der Waals surface area contributed by atoms with E-state index in [2.05, 4.69) is 13.8 Å². The lowest BCUT2D eigenvalue weighted by Gasteiger charge is -2.38. The van der Waals surface area contributed by atoms with Gasteiger partial charge in [-0.3, -0.25) is 4.57 Å². The van der Waals surface area contributed by atoms with Crippen molar-refractivity contribution in [3.8, 4) is 0 Å². The van der Waals surface area contributed by atoms with Crippen LogP contribution in [0.4, 0.5) is 0 Å². The molecule has 0 aromatic carbocycles. The Kier molecular flexibility index (Phi) is 5.67. The highest BCUT2D eigenvalue weighted by atomic mass is 31.2. The molecule has 16 heavy (non-hydrogen) atoms. The molecule has 0 aliphatic carbocycles. The second kappa shape index (κ2) is 5.63.